The van der Waals surface area contributed by atoms with Crippen molar-refractivity contribution in [1.82, 2.24) is 5.32 Å². The number of carbonyl (C=O) groups is 1. The molecule has 1 amide bonds. The van der Waals surface area contributed by atoms with E-state index in [-0.39, 0.29) is 16.8 Å². The summed E-state index contributed by atoms with van der Waals surface area (Å²) >= 11 is 5.09. The van der Waals surface area contributed by atoms with Gasteiger partial charge in [0.15, 0.2) is 10.9 Å². The molecule has 0 radical (unpaired) electrons. The van der Waals surface area contributed by atoms with Crippen molar-refractivity contribution >= 4 is 28.9 Å². The van der Waals surface area contributed by atoms with Gasteiger partial charge in [-0.2, -0.15) is 0 Å². The lowest BCUT2D eigenvalue weighted by Crippen LogP contribution is -2.34. The Morgan fingerprint density at radius 1 is 1.26 bits per heavy atom. The summed E-state index contributed by atoms with van der Waals surface area (Å²) in [5.41, 5.74) is 3.11. The Morgan fingerprint density at radius 2 is 2.05 bits per heavy atom. The SMILES string of the molecule is Cc1ccc(NC(=S)NC(=O)c2ccco2)c(C)c1. The molecular weight excluding hydrogens is 260 g/mol. The maximum Gasteiger partial charge on any atom is 0.293 e. The molecule has 4 nitrogen and oxygen atoms in total. The second-order valence-corrected chi connectivity index (χ2v) is 4.61. The highest BCUT2D eigenvalue weighted by molar-refractivity contribution is 7.80. The van der Waals surface area contributed by atoms with Gasteiger partial charge in [0.05, 0.1) is 6.26 Å². The largest absolute Gasteiger partial charge is 0.459 e. The number of nitrogens with one attached hydrogen (secondary N) is 2. The third-order valence-electron chi connectivity index (χ3n) is 2.60. The van der Waals surface area contributed by atoms with Crippen LogP contribution in [0.5, 0.6) is 0 Å². The highest BCUT2D eigenvalue weighted by Gasteiger charge is 2.10. The molecule has 1 aromatic carbocycles. The molecule has 0 saturated carbocycles. The Morgan fingerprint density at radius 3 is 2.68 bits per heavy atom. The van der Waals surface area contributed by atoms with Crippen LogP contribution in [0, 0.1) is 13.8 Å². The fourth-order valence-electron chi connectivity index (χ4n) is 1.68. The van der Waals surface area contributed by atoms with Crippen molar-refractivity contribution in [1.29, 1.82) is 0 Å². The first kappa shape index (κ1) is 13.3. The minimum absolute atomic E-state index is 0.227. The Kier molecular flexibility index (Phi) is 3.97. The Hall–Kier alpha value is -2.14. The summed E-state index contributed by atoms with van der Waals surface area (Å²) in [7, 11) is 0. The average molecular weight is 274 g/mol. The number of amides is 1. The number of rotatable bonds is 2. The van der Waals surface area contributed by atoms with Gasteiger partial charge in [-0.3, -0.25) is 10.1 Å². The number of aryl methyl sites for hydroxylation is 2. The Bertz CT molecular complexity index is 606. The van der Waals surface area contributed by atoms with E-state index in [1.165, 1.54) is 11.8 Å². The fourth-order valence-corrected chi connectivity index (χ4v) is 1.88. The smallest absolute Gasteiger partial charge is 0.293 e. The van der Waals surface area contributed by atoms with Gasteiger partial charge in [-0.15, -0.1) is 0 Å². The van der Waals surface area contributed by atoms with Crippen LogP contribution >= 0.6 is 12.2 Å². The molecule has 2 aromatic rings. The second-order valence-electron chi connectivity index (χ2n) is 4.20. The van der Waals surface area contributed by atoms with E-state index in [1.807, 2.05) is 32.0 Å². The predicted octanol–water partition coefficient (Wildman–Crippen LogP) is 3.02. The molecule has 1 aromatic heterocycles. The van der Waals surface area contributed by atoms with Gasteiger partial charge in [0, 0.05) is 5.69 Å². The quantitative estimate of drug-likeness (QED) is 0.827. The molecule has 0 unspecified atom stereocenters. The molecule has 0 atom stereocenters. The lowest BCUT2D eigenvalue weighted by atomic mass is 10.1. The molecule has 1 heterocycles. The van der Waals surface area contributed by atoms with E-state index in [4.69, 9.17) is 16.6 Å². The van der Waals surface area contributed by atoms with Crippen molar-refractivity contribution < 1.29 is 9.21 Å². The average Bonchev–Trinajstić information content (AvgIpc) is 2.86. The van der Waals surface area contributed by atoms with Crippen LogP contribution in [0.25, 0.3) is 0 Å². The van der Waals surface area contributed by atoms with Gasteiger partial charge in [0.1, 0.15) is 0 Å². The fraction of sp³-hybridized carbons (Fsp3) is 0.143. The number of anilines is 1. The number of hydrogen-bond acceptors (Lipinski definition) is 3. The van der Waals surface area contributed by atoms with Crippen LogP contribution in [0.1, 0.15) is 21.7 Å². The van der Waals surface area contributed by atoms with Gasteiger partial charge in [0.2, 0.25) is 0 Å². The zero-order valence-corrected chi connectivity index (χ0v) is 11.5. The zero-order chi connectivity index (χ0) is 13.8. The summed E-state index contributed by atoms with van der Waals surface area (Å²) in [4.78, 5) is 11.7. The van der Waals surface area contributed by atoms with Crippen molar-refractivity contribution in [3.05, 3.63) is 53.5 Å². The van der Waals surface area contributed by atoms with Crippen molar-refractivity contribution in [2.75, 3.05) is 5.32 Å². The minimum Gasteiger partial charge on any atom is -0.459 e. The second kappa shape index (κ2) is 5.67. The molecule has 19 heavy (non-hydrogen) atoms. The lowest BCUT2D eigenvalue weighted by molar-refractivity contribution is 0.0950. The summed E-state index contributed by atoms with van der Waals surface area (Å²) in [5, 5.41) is 5.79. The standard InChI is InChI=1S/C14H14N2O2S/c1-9-5-6-11(10(2)8-9)15-14(19)16-13(17)12-4-3-7-18-12/h3-8H,1-2H3,(H2,15,16,17,19). The summed E-state index contributed by atoms with van der Waals surface area (Å²) < 4.78 is 4.99. The third-order valence-corrected chi connectivity index (χ3v) is 2.81. The molecule has 0 aliphatic carbocycles. The van der Waals surface area contributed by atoms with E-state index < -0.39 is 0 Å². The minimum atomic E-state index is -0.368. The molecule has 0 saturated heterocycles. The van der Waals surface area contributed by atoms with E-state index in [2.05, 4.69) is 10.6 Å². The first-order valence-electron chi connectivity index (χ1n) is 5.79. The van der Waals surface area contributed by atoms with Crippen LogP contribution in [0.15, 0.2) is 41.0 Å². The van der Waals surface area contributed by atoms with Crippen LogP contribution in [-0.2, 0) is 0 Å². The van der Waals surface area contributed by atoms with Crippen LogP contribution in [0.3, 0.4) is 0 Å². The number of furan rings is 1. The number of thiocarbonyl (C=S) groups is 1. The predicted molar refractivity (Wildman–Crippen MR) is 78.3 cm³/mol. The molecule has 2 rings (SSSR count). The Labute approximate surface area is 116 Å². The van der Waals surface area contributed by atoms with E-state index in [9.17, 15) is 4.79 Å². The molecule has 98 valence electrons. The monoisotopic (exact) mass is 274 g/mol. The summed E-state index contributed by atoms with van der Waals surface area (Å²) in [6.45, 7) is 4.00. The van der Waals surface area contributed by atoms with Crippen LogP contribution in [-0.4, -0.2) is 11.0 Å². The van der Waals surface area contributed by atoms with Gasteiger partial charge in [0.25, 0.3) is 5.91 Å². The Balaban J connectivity index is 2.00. The summed E-state index contributed by atoms with van der Waals surface area (Å²) in [6.07, 6.45) is 1.44. The molecule has 0 bridgehead atoms. The molecule has 0 aliphatic rings. The van der Waals surface area contributed by atoms with Crippen molar-refractivity contribution in [3.63, 3.8) is 0 Å². The van der Waals surface area contributed by atoms with E-state index in [0.717, 1.165) is 11.3 Å². The molecule has 2 N–H and O–H groups in total. The van der Waals surface area contributed by atoms with Crippen LogP contribution < -0.4 is 10.6 Å². The van der Waals surface area contributed by atoms with Crippen LogP contribution in [0.2, 0.25) is 0 Å². The topological polar surface area (TPSA) is 54.3 Å². The summed E-state index contributed by atoms with van der Waals surface area (Å²) in [6, 6.07) is 9.17. The molecule has 0 aliphatic heterocycles. The number of hydrogen-bond donors (Lipinski definition) is 2. The highest BCUT2D eigenvalue weighted by Crippen LogP contribution is 2.15. The third kappa shape index (κ3) is 3.42. The van der Waals surface area contributed by atoms with Crippen LogP contribution in [0.4, 0.5) is 5.69 Å². The summed E-state index contributed by atoms with van der Waals surface area (Å²) in [5.74, 6) is -0.142. The molecular formula is C14H14N2O2S. The first-order chi connectivity index (χ1) is 9.06. The molecule has 5 heteroatoms. The van der Waals surface area contributed by atoms with Gasteiger partial charge < -0.3 is 9.73 Å². The maximum atomic E-state index is 11.7. The first-order valence-corrected chi connectivity index (χ1v) is 6.20. The van der Waals surface area contributed by atoms with Crippen molar-refractivity contribution in [2.24, 2.45) is 0 Å². The van der Waals surface area contributed by atoms with Gasteiger partial charge in [-0.05, 0) is 49.8 Å². The van der Waals surface area contributed by atoms with Gasteiger partial charge in [-0.25, -0.2) is 0 Å². The highest BCUT2D eigenvalue weighted by atomic mass is 32.1. The number of carbonyl (C=O) groups excluding carboxylic acids is 1. The molecule has 0 spiro atoms. The number of benzene rings is 1. The lowest BCUT2D eigenvalue weighted by Gasteiger charge is -2.11. The van der Waals surface area contributed by atoms with Gasteiger partial charge >= 0.3 is 0 Å². The maximum absolute atomic E-state index is 11.7. The van der Waals surface area contributed by atoms with E-state index in [1.54, 1.807) is 12.1 Å². The van der Waals surface area contributed by atoms with Gasteiger partial charge in [-0.1, -0.05) is 17.7 Å². The molecule has 0 fully saturated rings. The van der Waals surface area contributed by atoms with E-state index in [0.29, 0.717) is 0 Å². The van der Waals surface area contributed by atoms with E-state index >= 15 is 0 Å². The van der Waals surface area contributed by atoms with Crippen molar-refractivity contribution in [2.45, 2.75) is 13.8 Å². The normalized spacial score (nSPS) is 10.0. The zero-order valence-electron chi connectivity index (χ0n) is 10.7. The van der Waals surface area contributed by atoms with Crippen molar-refractivity contribution in [3.8, 4) is 0 Å².